The van der Waals surface area contributed by atoms with Gasteiger partial charge in [0.25, 0.3) is 0 Å². The highest BCUT2D eigenvalue weighted by molar-refractivity contribution is 6.00. The van der Waals surface area contributed by atoms with Crippen molar-refractivity contribution in [3.63, 3.8) is 0 Å². The minimum Gasteiger partial charge on any atom is -0.409 e. The second-order valence-corrected chi connectivity index (χ2v) is 3.77. The van der Waals surface area contributed by atoms with Crippen LogP contribution in [-0.4, -0.2) is 15.6 Å². The monoisotopic (exact) mass is 217 g/mol. The van der Waals surface area contributed by atoms with E-state index < -0.39 is 0 Å². The lowest BCUT2D eigenvalue weighted by atomic mass is 10.1. The van der Waals surface area contributed by atoms with Crippen molar-refractivity contribution in [1.29, 1.82) is 0 Å². The minimum atomic E-state index is 0.145. The maximum atomic E-state index is 8.64. The third-order valence-corrected chi connectivity index (χ3v) is 2.64. The Morgan fingerprint density at radius 2 is 2.25 bits per heavy atom. The molecule has 4 heteroatoms. The molecule has 2 rings (SSSR count). The maximum absolute atomic E-state index is 8.64. The quantitative estimate of drug-likeness (QED) is 0.358. The van der Waals surface area contributed by atoms with Crippen LogP contribution in [0, 0.1) is 0 Å². The van der Waals surface area contributed by atoms with Gasteiger partial charge in [-0.15, -0.1) is 0 Å². The van der Waals surface area contributed by atoms with Crippen LogP contribution in [0.2, 0.25) is 0 Å². The lowest BCUT2D eigenvalue weighted by Crippen LogP contribution is -2.12. The molecule has 0 aliphatic carbocycles. The standard InChI is InChI=1S/C12H15N3O/c1-2-6-15-7-5-9-3-4-10(8-11(9)15)12(13)14-16/h3-5,7-8,16H,2,6H2,1H3,(H2,13,14). The number of fused-ring (bicyclic) bond motifs is 1. The Kier molecular flexibility index (Phi) is 2.81. The summed E-state index contributed by atoms with van der Waals surface area (Å²) in [5, 5.41) is 12.8. The van der Waals surface area contributed by atoms with Crippen LogP contribution < -0.4 is 5.73 Å². The van der Waals surface area contributed by atoms with Crippen LogP contribution in [0.5, 0.6) is 0 Å². The Balaban J connectivity index is 2.54. The molecule has 0 aliphatic rings. The van der Waals surface area contributed by atoms with Gasteiger partial charge in [0.2, 0.25) is 0 Å². The fraction of sp³-hybridized carbons (Fsp3) is 0.250. The van der Waals surface area contributed by atoms with Gasteiger partial charge in [-0.3, -0.25) is 0 Å². The summed E-state index contributed by atoms with van der Waals surface area (Å²) in [5.74, 6) is 0.145. The van der Waals surface area contributed by atoms with Gasteiger partial charge >= 0.3 is 0 Å². The second kappa shape index (κ2) is 4.26. The van der Waals surface area contributed by atoms with Crippen molar-refractivity contribution >= 4 is 16.7 Å². The van der Waals surface area contributed by atoms with E-state index in [4.69, 9.17) is 10.9 Å². The third kappa shape index (κ3) is 1.74. The highest BCUT2D eigenvalue weighted by atomic mass is 16.4. The number of hydrogen-bond donors (Lipinski definition) is 2. The summed E-state index contributed by atoms with van der Waals surface area (Å²) >= 11 is 0. The Hall–Kier alpha value is -1.97. The van der Waals surface area contributed by atoms with Crippen molar-refractivity contribution in [2.75, 3.05) is 0 Å². The number of aryl methyl sites for hydroxylation is 1. The first kappa shape index (κ1) is 10.5. The number of amidine groups is 1. The zero-order valence-corrected chi connectivity index (χ0v) is 9.22. The molecule has 0 spiro atoms. The van der Waals surface area contributed by atoms with Crippen LogP contribution in [0.15, 0.2) is 35.6 Å². The van der Waals surface area contributed by atoms with E-state index >= 15 is 0 Å². The van der Waals surface area contributed by atoms with Gasteiger partial charge in [0.1, 0.15) is 0 Å². The Labute approximate surface area is 94.0 Å². The van der Waals surface area contributed by atoms with Gasteiger partial charge in [0, 0.05) is 23.8 Å². The molecule has 0 saturated heterocycles. The minimum absolute atomic E-state index is 0.145. The molecule has 4 nitrogen and oxygen atoms in total. The van der Waals surface area contributed by atoms with E-state index in [-0.39, 0.29) is 5.84 Å². The van der Waals surface area contributed by atoms with Gasteiger partial charge in [-0.05, 0) is 23.9 Å². The Morgan fingerprint density at radius 3 is 2.94 bits per heavy atom. The molecule has 0 amide bonds. The average molecular weight is 217 g/mol. The fourth-order valence-electron chi connectivity index (χ4n) is 1.84. The van der Waals surface area contributed by atoms with Crippen molar-refractivity contribution < 1.29 is 5.21 Å². The van der Waals surface area contributed by atoms with Gasteiger partial charge in [-0.25, -0.2) is 0 Å². The second-order valence-electron chi connectivity index (χ2n) is 3.77. The molecule has 0 radical (unpaired) electrons. The zero-order valence-electron chi connectivity index (χ0n) is 9.22. The van der Waals surface area contributed by atoms with Crippen molar-refractivity contribution in [2.24, 2.45) is 10.9 Å². The molecule has 0 aliphatic heterocycles. The number of nitrogens with zero attached hydrogens (tertiary/aromatic N) is 2. The van der Waals surface area contributed by atoms with Crippen LogP contribution in [0.1, 0.15) is 18.9 Å². The molecule has 1 heterocycles. The van der Waals surface area contributed by atoms with E-state index in [1.165, 1.54) is 5.39 Å². The number of benzene rings is 1. The van der Waals surface area contributed by atoms with E-state index in [9.17, 15) is 0 Å². The molecular formula is C12H15N3O. The molecule has 0 bridgehead atoms. The van der Waals surface area contributed by atoms with Gasteiger partial charge in [-0.1, -0.05) is 24.2 Å². The molecule has 0 atom stereocenters. The molecule has 0 saturated carbocycles. The summed E-state index contributed by atoms with van der Waals surface area (Å²) in [5.41, 5.74) is 7.43. The average Bonchev–Trinajstić information content (AvgIpc) is 2.71. The summed E-state index contributed by atoms with van der Waals surface area (Å²) in [6.45, 7) is 3.11. The van der Waals surface area contributed by atoms with E-state index in [0.29, 0.717) is 0 Å². The third-order valence-electron chi connectivity index (χ3n) is 2.64. The predicted octanol–water partition coefficient (Wildman–Crippen LogP) is 2.15. The molecule has 0 fully saturated rings. The summed E-state index contributed by atoms with van der Waals surface area (Å²) in [7, 11) is 0. The van der Waals surface area contributed by atoms with Crippen LogP contribution >= 0.6 is 0 Å². The van der Waals surface area contributed by atoms with Crippen molar-refractivity contribution in [1.82, 2.24) is 4.57 Å². The topological polar surface area (TPSA) is 63.5 Å². The van der Waals surface area contributed by atoms with Gasteiger partial charge in [-0.2, -0.15) is 0 Å². The first-order valence-corrected chi connectivity index (χ1v) is 5.33. The van der Waals surface area contributed by atoms with Gasteiger partial charge in [0.15, 0.2) is 5.84 Å². The highest BCUT2D eigenvalue weighted by Gasteiger charge is 2.04. The number of aromatic nitrogens is 1. The van der Waals surface area contributed by atoms with Crippen molar-refractivity contribution in [3.8, 4) is 0 Å². The highest BCUT2D eigenvalue weighted by Crippen LogP contribution is 2.18. The predicted molar refractivity (Wildman–Crippen MR) is 64.7 cm³/mol. The molecular weight excluding hydrogens is 202 g/mol. The molecule has 1 aromatic carbocycles. The van der Waals surface area contributed by atoms with E-state index in [1.54, 1.807) is 0 Å². The van der Waals surface area contributed by atoms with E-state index in [0.717, 1.165) is 24.0 Å². The lowest BCUT2D eigenvalue weighted by Gasteiger charge is -2.04. The SMILES string of the molecule is CCCn1ccc2ccc(/C(N)=N/O)cc21. The number of rotatable bonds is 3. The van der Waals surface area contributed by atoms with Crippen LogP contribution in [0.4, 0.5) is 0 Å². The summed E-state index contributed by atoms with van der Waals surface area (Å²) < 4.78 is 2.17. The van der Waals surface area contributed by atoms with Crippen LogP contribution in [0.25, 0.3) is 10.9 Å². The zero-order chi connectivity index (χ0) is 11.5. The van der Waals surface area contributed by atoms with Crippen LogP contribution in [0.3, 0.4) is 0 Å². The Bertz CT molecular complexity index is 528. The summed E-state index contributed by atoms with van der Waals surface area (Å²) in [6, 6.07) is 7.85. The number of hydrogen-bond acceptors (Lipinski definition) is 2. The van der Waals surface area contributed by atoms with Gasteiger partial charge in [0.05, 0.1) is 0 Å². The molecule has 16 heavy (non-hydrogen) atoms. The van der Waals surface area contributed by atoms with E-state index in [2.05, 4.69) is 28.9 Å². The molecule has 3 N–H and O–H groups in total. The Morgan fingerprint density at radius 1 is 1.44 bits per heavy atom. The molecule has 84 valence electrons. The number of oxime groups is 1. The summed E-state index contributed by atoms with van der Waals surface area (Å²) in [6.07, 6.45) is 3.14. The number of nitrogens with two attached hydrogens (primary N) is 1. The first-order valence-electron chi connectivity index (χ1n) is 5.33. The smallest absolute Gasteiger partial charge is 0.170 e. The largest absolute Gasteiger partial charge is 0.409 e. The molecule has 1 aromatic heterocycles. The van der Waals surface area contributed by atoms with Crippen molar-refractivity contribution in [2.45, 2.75) is 19.9 Å². The lowest BCUT2D eigenvalue weighted by molar-refractivity contribution is 0.318. The normalized spacial score (nSPS) is 12.2. The van der Waals surface area contributed by atoms with E-state index in [1.807, 2.05) is 18.2 Å². The van der Waals surface area contributed by atoms with Gasteiger partial charge < -0.3 is 15.5 Å². The van der Waals surface area contributed by atoms with Crippen LogP contribution in [-0.2, 0) is 6.54 Å². The molecule has 2 aromatic rings. The molecule has 0 unspecified atom stereocenters. The summed E-state index contributed by atoms with van der Waals surface area (Å²) in [4.78, 5) is 0. The fourth-order valence-corrected chi connectivity index (χ4v) is 1.84. The van der Waals surface area contributed by atoms with Crippen molar-refractivity contribution in [3.05, 3.63) is 36.0 Å². The maximum Gasteiger partial charge on any atom is 0.170 e. The first-order chi connectivity index (χ1) is 7.76.